The molecule has 0 radical (unpaired) electrons. The highest BCUT2D eigenvalue weighted by Crippen LogP contribution is 2.48. The second-order valence-electron chi connectivity index (χ2n) is 6.46. The molecule has 0 bridgehead atoms. The number of carbonyl (C=O) groups is 3. The van der Waals surface area contributed by atoms with Crippen LogP contribution in [-0.2, 0) is 25.5 Å². The van der Waals surface area contributed by atoms with E-state index in [1.165, 1.54) is 23.8 Å². The number of ether oxygens (including phenoxy) is 1. The van der Waals surface area contributed by atoms with Crippen LogP contribution >= 0.6 is 11.8 Å². The molecular formula is C17H20N2O4S. The van der Waals surface area contributed by atoms with Gasteiger partial charge in [0.15, 0.2) is 5.50 Å². The molecule has 128 valence electrons. The van der Waals surface area contributed by atoms with Crippen molar-refractivity contribution in [2.45, 2.75) is 36.6 Å². The van der Waals surface area contributed by atoms with Crippen LogP contribution in [0.15, 0.2) is 30.3 Å². The predicted molar refractivity (Wildman–Crippen MR) is 90.0 cm³/mol. The minimum atomic E-state index is -0.681. The monoisotopic (exact) mass is 348 g/mol. The molecule has 2 heterocycles. The van der Waals surface area contributed by atoms with Crippen LogP contribution in [0.1, 0.15) is 19.4 Å². The molecule has 2 aliphatic heterocycles. The number of nitrogens with zero attached hydrogens (tertiary/aromatic N) is 2. The average Bonchev–Trinajstić information content (AvgIpc) is 2.99. The topological polar surface area (TPSA) is 66.9 Å². The van der Waals surface area contributed by atoms with Crippen LogP contribution in [0.4, 0.5) is 0 Å². The zero-order valence-corrected chi connectivity index (χ0v) is 14.7. The zero-order valence-electron chi connectivity index (χ0n) is 13.9. The van der Waals surface area contributed by atoms with Crippen molar-refractivity contribution in [2.24, 2.45) is 0 Å². The Hall–Kier alpha value is -2.02. The third-order valence-electron chi connectivity index (χ3n) is 4.39. The van der Waals surface area contributed by atoms with Crippen LogP contribution in [0.25, 0.3) is 0 Å². The van der Waals surface area contributed by atoms with E-state index in [2.05, 4.69) is 0 Å². The molecule has 2 saturated heterocycles. The van der Waals surface area contributed by atoms with Gasteiger partial charge in [-0.25, -0.2) is 4.79 Å². The number of hydrogen-bond acceptors (Lipinski definition) is 5. The largest absolute Gasteiger partial charge is 0.467 e. The van der Waals surface area contributed by atoms with Gasteiger partial charge in [0.1, 0.15) is 12.6 Å². The maximum atomic E-state index is 12.7. The van der Waals surface area contributed by atoms with Crippen molar-refractivity contribution in [3.05, 3.63) is 35.9 Å². The molecule has 6 nitrogen and oxygen atoms in total. The molecule has 0 saturated carbocycles. The lowest BCUT2D eigenvalue weighted by Gasteiger charge is -2.27. The van der Waals surface area contributed by atoms with E-state index in [9.17, 15) is 14.4 Å². The summed E-state index contributed by atoms with van der Waals surface area (Å²) in [6, 6.07) is 8.74. The Kier molecular flexibility index (Phi) is 4.29. The SMILES string of the molecule is COC(=O)C1N2C(=O)CN(C(=O)Cc3ccccc3)C2SC1(C)C. The molecule has 0 aromatic heterocycles. The molecule has 0 N–H and O–H groups in total. The molecule has 2 fully saturated rings. The van der Waals surface area contributed by atoms with E-state index in [0.29, 0.717) is 0 Å². The Morgan fingerprint density at radius 3 is 2.58 bits per heavy atom. The van der Waals surface area contributed by atoms with E-state index < -0.39 is 22.3 Å². The van der Waals surface area contributed by atoms with Crippen LogP contribution in [0.2, 0.25) is 0 Å². The molecule has 2 amide bonds. The number of benzene rings is 1. The Morgan fingerprint density at radius 1 is 1.29 bits per heavy atom. The molecule has 2 atom stereocenters. The van der Waals surface area contributed by atoms with Crippen LogP contribution in [0.5, 0.6) is 0 Å². The van der Waals surface area contributed by atoms with Gasteiger partial charge < -0.3 is 9.64 Å². The summed E-state index contributed by atoms with van der Waals surface area (Å²) in [5, 5.41) is 0. The third-order valence-corrected chi connectivity index (χ3v) is 5.91. The van der Waals surface area contributed by atoms with E-state index >= 15 is 0 Å². The highest BCUT2D eigenvalue weighted by molar-refractivity contribution is 8.01. The normalized spacial score (nSPS) is 24.9. The van der Waals surface area contributed by atoms with E-state index in [1.54, 1.807) is 4.90 Å². The predicted octanol–water partition coefficient (Wildman–Crippen LogP) is 1.25. The molecule has 3 rings (SSSR count). The van der Waals surface area contributed by atoms with Gasteiger partial charge in [0.05, 0.1) is 13.5 Å². The number of methoxy groups -OCH3 is 1. The first-order valence-electron chi connectivity index (χ1n) is 7.75. The Labute approximate surface area is 145 Å². The molecular weight excluding hydrogens is 328 g/mol. The lowest BCUT2D eigenvalue weighted by atomic mass is 10.0. The summed E-state index contributed by atoms with van der Waals surface area (Å²) in [6.45, 7) is 3.79. The maximum Gasteiger partial charge on any atom is 0.330 e. The maximum absolute atomic E-state index is 12.7. The Balaban J connectivity index is 1.82. The van der Waals surface area contributed by atoms with E-state index in [4.69, 9.17) is 4.74 Å². The van der Waals surface area contributed by atoms with Gasteiger partial charge in [0.2, 0.25) is 11.8 Å². The minimum absolute atomic E-state index is 0.00685. The highest BCUT2D eigenvalue weighted by Gasteiger charge is 2.59. The number of thioether (sulfide) groups is 1. The summed E-state index contributed by atoms with van der Waals surface area (Å²) in [5.41, 5.74) is 0.452. The van der Waals surface area contributed by atoms with Gasteiger partial charge in [-0.3, -0.25) is 14.5 Å². The van der Waals surface area contributed by atoms with E-state index in [1.807, 2.05) is 44.2 Å². The summed E-state index contributed by atoms with van der Waals surface area (Å²) in [4.78, 5) is 40.3. The van der Waals surface area contributed by atoms with Crippen molar-refractivity contribution >= 4 is 29.5 Å². The highest BCUT2D eigenvalue weighted by atomic mass is 32.2. The van der Waals surface area contributed by atoms with Crippen molar-refractivity contribution in [2.75, 3.05) is 13.7 Å². The zero-order chi connectivity index (χ0) is 17.5. The minimum Gasteiger partial charge on any atom is -0.467 e. The van der Waals surface area contributed by atoms with Crippen LogP contribution in [-0.4, -0.2) is 57.5 Å². The van der Waals surface area contributed by atoms with Gasteiger partial charge in [0.25, 0.3) is 0 Å². The third kappa shape index (κ3) is 2.77. The van der Waals surface area contributed by atoms with Crippen molar-refractivity contribution in [3.63, 3.8) is 0 Å². The van der Waals surface area contributed by atoms with Crippen molar-refractivity contribution < 1.29 is 19.1 Å². The lowest BCUT2D eigenvalue weighted by molar-refractivity contribution is -0.152. The van der Waals surface area contributed by atoms with E-state index in [-0.39, 0.29) is 24.8 Å². The molecule has 1 aromatic rings. The van der Waals surface area contributed by atoms with Crippen LogP contribution in [0.3, 0.4) is 0 Å². The standard InChI is InChI=1S/C17H20N2O4S/c1-17(2)14(15(22)23-3)19-13(21)10-18(16(19)24-17)12(20)9-11-7-5-4-6-8-11/h4-8,14,16H,9-10H2,1-3H3. The molecule has 2 unspecified atom stereocenters. The fourth-order valence-electron chi connectivity index (χ4n) is 3.23. The fourth-order valence-corrected chi connectivity index (χ4v) is 4.79. The number of esters is 1. The van der Waals surface area contributed by atoms with Crippen molar-refractivity contribution in [3.8, 4) is 0 Å². The number of carbonyl (C=O) groups excluding carboxylic acids is 3. The fraction of sp³-hybridized carbons (Fsp3) is 0.471. The number of amides is 2. The molecule has 0 spiro atoms. The van der Waals surface area contributed by atoms with Crippen molar-refractivity contribution in [1.29, 1.82) is 0 Å². The average molecular weight is 348 g/mol. The summed E-state index contributed by atoms with van der Waals surface area (Å²) in [6.07, 6.45) is 0.238. The molecule has 2 aliphatic rings. The van der Waals surface area contributed by atoms with Gasteiger partial charge >= 0.3 is 5.97 Å². The molecule has 24 heavy (non-hydrogen) atoms. The number of hydrogen-bond donors (Lipinski definition) is 0. The first-order chi connectivity index (χ1) is 11.3. The van der Waals surface area contributed by atoms with Crippen LogP contribution < -0.4 is 0 Å². The first-order valence-corrected chi connectivity index (χ1v) is 8.63. The summed E-state index contributed by atoms with van der Waals surface area (Å²) in [7, 11) is 1.31. The molecule has 1 aromatic carbocycles. The van der Waals surface area contributed by atoms with E-state index in [0.717, 1.165) is 5.56 Å². The van der Waals surface area contributed by atoms with Gasteiger partial charge in [0, 0.05) is 4.75 Å². The Morgan fingerprint density at radius 2 is 1.96 bits per heavy atom. The first kappa shape index (κ1) is 16.8. The second kappa shape index (κ2) is 6.12. The van der Waals surface area contributed by atoms with Gasteiger partial charge in [-0.1, -0.05) is 30.3 Å². The van der Waals surface area contributed by atoms with Gasteiger partial charge in [-0.2, -0.15) is 0 Å². The summed E-state index contributed by atoms with van der Waals surface area (Å²) < 4.78 is 4.35. The number of fused-ring (bicyclic) bond motifs is 1. The van der Waals surface area contributed by atoms with Crippen LogP contribution in [0, 0.1) is 0 Å². The van der Waals surface area contributed by atoms with Crippen molar-refractivity contribution in [1.82, 2.24) is 9.80 Å². The molecule has 0 aliphatic carbocycles. The Bertz CT molecular complexity index is 676. The number of rotatable bonds is 3. The quantitative estimate of drug-likeness (QED) is 0.769. The lowest BCUT2D eigenvalue weighted by Crippen LogP contribution is -2.49. The van der Waals surface area contributed by atoms with Gasteiger partial charge in [-0.05, 0) is 19.4 Å². The van der Waals surface area contributed by atoms with Gasteiger partial charge in [-0.15, -0.1) is 11.8 Å². The molecule has 7 heteroatoms. The summed E-state index contributed by atoms with van der Waals surface area (Å²) in [5.74, 6) is -0.772. The second-order valence-corrected chi connectivity index (χ2v) is 8.17. The summed E-state index contributed by atoms with van der Waals surface area (Å²) >= 11 is 1.45. The smallest absolute Gasteiger partial charge is 0.330 e.